The molecule has 1 aromatic rings. The summed E-state index contributed by atoms with van der Waals surface area (Å²) in [6.07, 6.45) is 2.08. The van der Waals surface area contributed by atoms with E-state index < -0.39 is 0 Å². The molecule has 1 atom stereocenters. The molecule has 0 aromatic heterocycles. The molecule has 1 nitrogen and oxygen atoms in total. The Morgan fingerprint density at radius 3 is 2.64 bits per heavy atom. The predicted molar refractivity (Wildman–Crippen MR) is 52.4 cm³/mol. The fraction of sp³-hybridized carbons (Fsp3) is 0. The molecule has 1 heterocycles. The molecule has 1 aromatic carbocycles. The highest BCUT2D eigenvalue weighted by molar-refractivity contribution is 8.16. The van der Waals surface area contributed by atoms with Crippen LogP contribution in [-0.4, -0.2) is 5.37 Å². The Bertz CT molecular complexity index is 339. The number of hydrogen-bond donors (Lipinski definition) is 1. The summed E-state index contributed by atoms with van der Waals surface area (Å²) in [5, 5.41) is 9.86. The highest BCUT2D eigenvalue weighted by Gasteiger charge is 1.98. The van der Waals surface area contributed by atoms with Crippen LogP contribution in [0.2, 0.25) is 0 Å². The molecule has 2 rings (SSSR count). The Labute approximate surface area is 68.6 Å². The average Bonchev–Trinajstić information content (AvgIpc) is 2.04. The van der Waals surface area contributed by atoms with Gasteiger partial charge in [-0.3, -0.25) is 5.14 Å². The summed E-state index contributed by atoms with van der Waals surface area (Å²) in [6.45, 7) is 0. The van der Waals surface area contributed by atoms with Crippen LogP contribution in [0.15, 0.2) is 29.7 Å². The van der Waals surface area contributed by atoms with Gasteiger partial charge < -0.3 is 0 Å². The van der Waals surface area contributed by atoms with E-state index in [9.17, 15) is 0 Å². The molecular formula is C9H9NS. The lowest BCUT2D eigenvalue weighted by atomic mass is 10.1. The normalized spacial score (nSPS) is 20.6. The molecule has 0 spiro atoms. The molecule has 0 amide bonds. The van der Waals surface area contributed by atoms with Crippen LogP contribution in [0.3, 0.4) is 0 Å². The van der Waals surface area contributed by atoms with E-state index in [1.165, 1.54) is 11.1 Å². The van der Waals surface area contributed by atoms with Gasteiger partial charge in [-0.05, 0) is 28.0 Å². The van der Waals surface area contributed by atoms with Crippen LogP contribution in [0.5, 0.6) is 0 Å². The van der Waals surface area contributed by atoms with E-state index in [0.29, 0.717) is 0 Å². The molecule has 2 N–H and O–H groups in total. The van der Waals surface area contributed by atoms with Crippen molar-refractivity contribution >= 4 is 22.1 Å². The van der Waals surface area contributed by atoms with Crippen molar-refractivity contribution in [3.8, 4) is 0 Å². The minimum Gasteiger partial charge on any atom is -0.280 e. The molecule has 0 saturated carbocycles. The minimum absolute atomic E-state index is 0.157. The molecule has 11 heavy (non-hydrogen) atoms. The highest BCUT2D eigenvalue weighted by atomic mass is 32.2. The second kappa shape index (κ2) is 2.64. The molecule has 56 valence electrons. The fourth-order valence-electron chi connectivity index (χ4n) is 1.11. The zero-order valence-electron chi connectivity index (χ0n) is 6.03. The van der Waals surface area contributed by atoms with E-state index in [1.807, 2.05) is 17.5 Å². The number of rotatable bonds is 0. The first-order chi connectivity index (χ1) is 5.36. The summed E-state index contributed by atoms with van der Waals surface area (Å²) in [4.78, 5) is 0. The van der Waals surface area contributed by atoms with Crippen molar-refractivity contribution in [1.82, 2.24) is 0 Å². The Morgan fingerprint density at radius 2 is 1.82 bits per heavy atom. The Morgan fingerprint density at radius 1 is 1.09 bits per heavy atom. The van der Waals surface area contributed by atoms with Crippen LogP contribution in [0, 0.1) is 0 Å². The maximum absolute atomic E-state index is 5.73. The fourth-order valence-corrected chi connectivity index (χ4v) is 2.00. The van der Waals surface area contributed by atoms with E-state index in [2.05, 4.69) is 23.6 Å². The summed E-state index contributed by atoms with van der Waals surface area (Å²) in [7, 11) is -0.157. The first-order valence-corrected chi connectivity index (χ1v) is 4.86. The summed E-state index contributed by atoms with van der Waals surface area (Å²) < 4.78 is 0. The summed E-state index contributed by atoms with van der Waals surface area (Å²) in [6, 6.07) is 8.26. The lowest BCUT2D eigenvalue weighted by Gasteiger charge is -2.06. The highest BCUT2D eigenvalue weighted by Crippen LogP contribution is 2.19. The van der Waals surface area contributed by atoms with Crippen molar-refractivity contribution in [3.63, 3.8) is 0 Å². The molecule has 2 heteroatoms. The van der Waals surface area contributed by atoms with Crippen LogP contribution in [0.4, 0.5) is 0 Å². The largest absolute Gasteiger partial charge is 0.280 e. The lowest BCUT2D eigenvalue weighted by Crippen LogP contribution is -1.94. The molecule has 0 saturated heterocycles. The van der Waals surface area contributed by atoms with Gasteiger partial charge >= 0.3 is 0 Å². The Balaban J connectivity index is 2.61. The summed E-state index contributed by atoms with van der Waals surface area (Å²) in [5.41, 5.74) is 2.52. The number of fused-ring (bicyclic) bond motifs is 1. The third kappa shape index (κ3) is 1.27. The van der Waals surface area contributed by atoms with Crippen LogP contribution < -0.4 is 5.14 Å². The standard InChI is InChI=1S/C9H9NS/c10-11-6-5-8-3-1-2-4-9(8)7-11/h1-7H,10H2. The van der Waals surface area contributed by atoms with Gasteiger partial charge in [-0.1, -0.05) is 34.9 Å². The monoisotopic (exact) mass is 163 g/mol. The van der Waals surface area contributed by atoms with Gasteiger partial charge in [-0.2, -0.15) is 0 Å². The van der Waals surface area contributed by atoms with E-state index in [4.69, 9.17) is 5.14 Å². The third-order valence-corrected chi connectivity index (χ3v) is 2.64. The number of nitrogens with two attached hydrogens (primary N) is 1. The first-order valence-electron chi connectivity index (χ1n) is 3.45. The molecule has 1 aliphatic heterocycles. The maximum atomic E-state index is 5.73. The van der Waals surface area contributed by atoms with Crippen LogP contribution in [0.1, 0.15) is 11.1 Å². The second-order valence-corrected chi connectivity index (χ2v) is 3.78. The van der Waals surface area contributed by atoms with Gasteiger partial charge in [0.15, 0.2) is 0 Å². The van der Waals surface area contributed by atoms with Gasteiger partial charge in [0, 0.05) is 0 Å². The Kier molecular flexibility index (Phi) is 1.64. The van der Waals surface area contributed by atoms with Crippen molar-refractivity contribution in [2.75, 3.05) is 0 Å². The van der Waals surface area contributed by atoms with Crippen molar-refractivity contribution < 1.29 is 0 Å². The van der Waals surface area contributed by atoms with Crippen molar-refractivity contribution in [1.29, 1.82) is 0 Å². The summed E-state index contributed by atoms with van der Waals surface area (Å²) in [5.74, 6) is 0. The van der Waals surface area contributed by atoms with Crippen molar-refractivity contribution in [2.45, 2.75) is 0 Å². The number of benzene rings is 1. The van der Waals surface area contributed by atoms with E-state index >= 15 is 0 Å². The molecule has 1 aliphatic rings. The van der Waals surface area contributed by atoms with Gasteiger partial charge in [-0.15, -0.1) is 0 Å². The van der Waals surface area contributed by atoms with E-state index in [-0.39, 0.29) is 10.7 Å². The third-order valence-electron chi connectivity index (χ3n) is 1.66. The first kappa shape index (κ1) is 6.83. The SMILES string of the molecule is NS1=Cc2ccccc2C=C1. The second-order valence-electron chi connectivity index (χ2n) is 2.46. The van der Waals surface area contributed by atoms with Gasteiger partial charge in [-0.25, -0.2) is 0 Å². The quantitative estimate of drug-likeness (QED) is 0.581. The lowest BCUT2D eigenvalue weighted by molar-refractivity contribution is 1.63. The zero-order valence-corrected chi connectivity index (χ0v) is 6.84. The smallest absolute Gasteiger partial charge is 0.0113 e. The molecule has 0 radical (unpaired) electrons. The van der Waals surface area contributed by atoms with E-state index in [1.54, 1.807) is 0 Å². The van der Waals surface area contributed by atoms with Gasteiger partial charge in [0.2, 0.25) is 0 Å². The molecule has 1 unspecified atom stereocenters. The average molecular weight is 163 g/mol. The van der Waals surface area contributed by atoms with Gasteiger partial charge in [0.05, 0.1) is 0 Å². The molecule has 0 fully saturated rings. The molecule has 0 aliphatic carbocycles. The topological polar surface area (TPSA) is 26.0 Å². The predicted octanol–water partition coefficient (Wildman–Crippen LogP) is 1.96. The van der Waals surface area contributed by atoms with Crippen LogP contribution in [0.25, 0.3) is 6.08 Å². The minimum atomic E-state index is -0.157. The number of hydrogen-bond acceptors (Lipinski definition) is 1. The van der Waals surface area contributed by atoms with E-state index in [0.717, 1.165) is 0 Å². The van der Waals surface area contributed by atoms with Crippen molar-refractivity contribution in [2.24, 2.45) is 5.14 Å². The van der Waals surface area contributed by atoms with Crippen molar-refractivity contribution in [3.05, 3.63) is 40.8 Å². The van der Waals surface area contributed by atoms with Crippen LogP contribution >= 0.6 is 10.7 Å². The summed E-state index contributed by atoms with van der Waals surface area (Å²) >= 11 is 0. The maximum Gasteiger partial charge on any atom is -0.0113 e. The Hall–Kier alpha value is -0.860. The van der Waals surface area contributed by atoms with Gasteiger partial charge in [0.25, 0.3) is 0 Å². The molecule has 0 bridgehead atoms. The van der Waals surface area contributed by atoms with Crippen LogP contribution in [-0.2, 0) is 0 Å². The molecular weight excluding hydrogens is 154 g/mol. The zero-order chi connectivity index (χ0) is 7.68. The van der Waals surface area contributed by atoms with Gasteiger partial charge in [0.1, 0.15) is 0 Å².